The summed E-state index contributed by atoms with van der Waals surface area (Å²) in [6.45, 7) is 4.89. The second-order valence-electron chi connectivity index (χ2n) is 3.82. The molecule has 1 N–H and O–H groups in total. The SMILES string of the molecule is CCCNc1cc(-c2ncnn2C)nc(C)n1. The molecule has 90 valence electrons. The van der Waals surface area contributed by atoms with Gasteiger partial charge in [0.05, 0.1) is 0 Å². The Kier molecular flexibility index (Phi) is 3.32. The van der Waals surface area contributed by atoms with Gasteiger partial charge in [-0.15, -0.1) is 0 Å². The maximum atomic E-state index is 4.37. The molecule has 0 radical (unpaired) electrons. The van der Waals surface area contributed by atoms with E-state index in [9.17, 15) is 0 Å². The molecule has 6 heteroatoms. The van der Waals surface area contributed by atoms with Gasteiger partial charge < -0.3 is 5.32 Å². The van der Waals surface area contributed by atoms with Gasteiger partial charge in [0.15, 0.2) is 5.82 Å². The van der Waals surface area contributed by atoms with Crippen molar-refractivity contribution in [1.29, 1.82) is 0 Å². The van der Waals surface area contributed by atoms with Crippen LogP contribution in [0.25, 0.3) is 11.5 Å². The average molecular weight is 232 g/mol. The van der Waals surface area contributed by atoms with Crippen molar-refractivity contribution in [3.63, 3.8) is 0 Å². The second-order valence-corrected chi connectivity index (χ2v) is 3.82. The number of aromatic nitrogens is 5. The van der Waals surface area contributed by atoms with E-state index in [0.717, 1.165) is 36.1 Å². The number of anilines is 1. The van der Waals surface area contributed by atoms with E-state index in [2.05, 4.69) is 32.3 Å². The minimum absolute atomic E-state index is 0.726. The highest BCUT2D eigenvalue weighted by Crippen LogP contribution is 2.16. The van der Waals surface area contributed by atoms with Gasteiger partial charge in [0, 0.05) is 19.7 Å². The molecule has 0 atom stereocenters. The minimum atomic E-state index is 0.726. The lowest BCUT2D eigenvalue weighted by atomic mass is 10.3. The number of nitrogens with zero attached hydrogens (tertiary/aromatic N) is 5. The molecule has 0 fully saturated rings. The summed E-state index contributed by atoms with van der Waals surface area (Å²) >= 11 is 0. The van der Waals surface area contributed by atoms with E-state index in [0.29, 0.717) is 0 Å². The lowest BCUT2D eigenvalue weighted by Crippen LogP contribution is -2.05. The molecule has 2 aromatic rings. The van der Waals surface area contributed by atoms with Gasteiger partial charge in [-0.3, -0.25) is 0 Å². The summed E-state index contributed by atoms with van der Waals surface area (Å²) < 4.78 is 1.70. The van der Waals surface area contributed by atoms with Gasteiger partial charge in [-0.2, -0.15) is 5.10 Å². The van der Waals surface area contributed by atoms with Crippen LogP contribution >= 0.6 is 0 Å². The summed E-state index contributed by atoms with van der Waals surface area (Å²) in [5.74, 6) is 2.30. The number of hydrogen-bond donors (Lipinski definition) is 1. The highest BCUT2D eigenvalue weighted by molar-refractivity contribution is 5.55. The maximum absolute atomic E-state index is 4.37. The molecular formula is C11H16N6. The molecule has 0 unspecified atom stereocenters. The highest BCUT2D eigenvalue weighted by atomic mass is 15.3. The van der Waals surface area contributed by atoms with Crippen molar-refractivity contribution < 1.29 is 0 Å². The predicted molar refractivity (Wildman–Crippen MR) is 65.5 cm³/mol. The molecule has 2 aromatic heterocycles. The molecule has 0 aliphatic carbocycles. The first-order valence-electron chi connectivity index (χ1n) is 5.64. The van der Waals surface area contributed by atoms with E-state index < -0.39 is 0 Å². The molecule has 0 aliphatic heterocycles. The van der Waals surface area contributed by atoms with Crippen LogP contribution in [0.1, 0.15) is 19.2 Å². The molecule has 0 saturated heterocycles. The third-order valence-corrected chi connectivity index (χ3v) is 2.33. The predicted octanol–water partition coefficient (Wildman–Crippen LogP) is 1.40. The van der Waals surface area contributed by atoms with Crippen LogP contribution in [0, 0.1) is 6.92 Å². The molecule has 0 aromatic carbocycles. The van der Waals surface area contributed by atoms with E-state index in [1.54, 1.807) is 4.68 Å². The molecule has 0 spiro atoms. The van der Waals surface area contributed by atoms with Crippen molar-refractivity contribution in [2.24, 2.45) is 7.05 Å². The van der Waals surface area contributed by atoms with Crippen LogP contribution in [0.15, 0.2) is 12.4 Å². The van der Waals surface area contributed by atoms with Gasteiger partial charge in [-0.25, -0.2) is 19.6 Å². The Morgan fingerprint density at radius 1 is 1.35 bits per heavy atom. The Hall–Kier alpha value is -1.98. The average Bonchev–Trinajstić information content (AvgIpc) is 2.72. The van der Waals surface area contributed by atoms with Crippen LogP contribution in [-0.4, -0.2) is 31.3 Å². The monoisotopic (exact) mass is 232 g/mol. The summed E-state index contributed by atoms with van der Waals surface area (Å²) in [6.07, 6.45) is 2.58. The third kappa shape index (κ3) is 2.58. The summed E-state index contributed by atoms with van der Waals surface area (Å²) in [7, 11) is 1.85. The molecule has 0 aliphatic rings. The van der Waals surface area contributed by atoms with E-state index >= 15 is 0 Å². The van der Waals surface area contributed by atoms with E-state index in [1.807, 2.05) is 20.0 Å². The van der Waals surface area contributed by atoms with Gasteiger partial charge in [0.25, 0.3) is 0 Å². The zero-order chi connectivity index (χ0) is 12.3. The van der Waals surface area contributed by atoms with E-state index in [1.165, 1.54) is 6.33 Å². The molecular weight excluding hydrogens is 216 g/mol. The van der Waals surface area contributed by atoms with Crippen LogP contribution in [-0.2, 0) is 7.05 Å². The van der Waals surface area contributed by atoms with Crippen LogP contribution < -0.4 is 5.32 Å². The third-order valence-electron chi connectivity index (χ3n) is 2.33. The zero-order valence-corrected chi connectivity index (χ0v) is 10.3. The van der Waals surface area contributed by atoms with Crippen molar-refractivity contribution in [2.75, 3.05) is 11.9 Å². The first-order chi connectivity index (χ1) is 8.20. The molecule has 17 heavy (non-hydrogen) atoms. The van der Waals surface area contributed by atoms with Gasteiger partial charge in [0.1, 0.15) is 23.7 Å². The fourth-order valence-corrected chi connectivity index (χ4v) is 1.55. The number of nitrogens with one attached hydrogen (secondary N) is 1. The van der Waals surface area contributed by atoms with Crippen LogP contribution in [0.4, 0.5) is 5.82 Å². The lowest BCUT2D eigenvalue weighted by Gasteiger charge is -2.07. The molecule has 6 nitrogen and oxygen atoms in total. The topological polar surface area (TPSA) is 68.5 Å². The van der Waals surface area contributed by atoms with Gasteiger partial charge >= 0.3 is 0 Å². The zero-order valence-electron chi connectivity index (χ0n) is 10.3. The summed E-state index contributed by atoms with van der Waals surface area (Å²) in [4.78, 5) is 12.9. The van der Waals surface area contributed by atoms with Crippen molar-refractivity contribution in [2.45, 2.75) is 20.3 Å². The number of rotatable bonds is 4. The van der Waals surface area contributed by atoms with Gasteiger partial charge in [-0.1, -0.05) is 6.92 Å². The van der Waals surface area contributed by atoms with Crippen molar-refractivity contribution >= 4 is 5.82 Å². The Balaban J connectivity index is 2.35. The fraction of sp³-hybridized carbons (Fsp3) is 0.455. The molecule has 2 heterocycles. The summed E-state index contributed by atoms with van der Waals surface area (Å²) in [5, 5.41) is 7.29. The summed E-state index contributed by atoms with van der Waals surface area (Å²) in [6, 6.07) is 1.90. The first kappa shape index (κ1) is 11.5. The standard InChI is InChI=1S/C11H16N6/c1-4-5-12-10-6-9(15-8(2)16-10)11-13-7-14-17(11)3/h6-7H,4-5H2,1-3H3,(H,12,15,16). The molecule has 0 bridgehead atoms. The van der Waals surface area contributed by atoms with E-state index in [-0.39, 0.29) is 0 Å². The van der Waals surface area contributed by atoms with E-state index in [4.69, 9.17) is 0 Å². The Morgan fingerprint density at radius 2 is 2.18 bits per heavy atom. The highest BCUT2D eigenvalue weighted by Gasteiger charge is 2.08. The van der Waals surface area contributed by atoms with Crippen LogP contribution in [0.3, 0.4) is 0 Å². The van der Waals surface area contributed by atoms with Crippen LogP contribution in [0.5, 0.6) is 0 Å². The minimum Gasteiger partial charge on any atom is -0.370 e. The Morgan fingerprint density at radius 3 is 2.82 bits per heavy atom. The molecule has 0 amide bonds. The van der Waals surface area contributed by atoms with Crippen molar-refractivity contribution in [1.82, 2.24) is 24.7 Å². The van der Waals surface area contributed by atoms with Crippen molar-refractivity contribution in [3.05, 3.63) is 18.2 Å². The maximum Gasteiger partial charge on any atom is 0.176 e. The first-order valence-corrected chi connectivity index (χ1v) is 5.64. The summed E-state index contributed by atoms with van der Waals surface area (Å²) in [5.41, 5.74) is 0.788. The Bertz CT molecular complexity index is 504. The van der Waals surface area contributed by atoms with Gasteiger partial charge in [0.2, 0.25) is 0 Å². The van der Waals surface area contributed by atoms with Gasteiger partial charge in [-0.05, 0) is 13.3 Å². The molecule has 2 rings (SSSR count). The van der Waals surface area contributed by atoms with Crippen LogP contribution in [0.2, 0.25) is 0 Å². The fourth-order valence-electron chi connectivity index (χ4n) is 1.55. The second kappa shape index (κ2) is 4.90. The quantitative estimate of drug-likeness (QED) is 0.863. The normalized spacial score (nSPS) is 10.5. The smallest absolute Gasteiger partial charge is 0.176 e. The number of hydrogen-bond acceptors (Lipinski definition) is 5. The molecule has 0 saturated carbocycles. The lowest BCUT2D eigenvalue weighted by molar-refractivity contribution is 0.770. The Labute approximate surface area is 100 Å². The van der Waals surface area contributed by atoms with Crippen molar-refractivity contribution in [3.8, 4) is 11.5 Å². The largest absolute Gasteiger partial charge is 0.370 e. The number of aryl methyl sites for hydroxylation is 2.